The number of rotatable bonds is 3. The van der Waals surface area contributed by atoms with Gasteiger partial charge in [-0.05, 0) is 60.8 Å². The topological polar surface area (TPSA) is 120 Å². The molecule has 2 heterocycles. The summed E-state index contributed by atoms with van der Waals surface area (Å²) >= 11 is 0. The van der Waals surface area contributed by atoms with Crippen LogP contribution >= 0.6 is 0 Å². The molecule has 0 spiro atoms. The summed E-state index contributed by atoms with van der Waals surface area (Å²) in [4.78, 5) is 40.4. The fourth-order valence-corrected chi connectivity index (χ4v) is 3.50. The molecule has 10 nitrogen and oxygen atoms in total. The summed E-state index contributed by atoms with van der Waals surface area (Å²) in [6.07, 6.45) is 4.93. The Kier molecular flexibility index (Phi) is 6.83. The number of ether oxygens (including phenoxy) is 2. The Bertz CT molecular complexity index is 948. The predicted molar refractivity (Wildman–Crippen MR) is 119 cm³/mol. The summed E-state index contributed by atoms with van der Waals surface area (Å²) in [6, 6.07) is -0.525. The second kappa shape index (κ2) is 8.73. The molecular formula is C22H33N5O5. The van der Waals surface area contributed by atoms with Gasteiger partial charge in [-0.2, -0.15) is 5.10 Å². The molecule has 1 aliphatic heterocycles. The Balaban J connectivity index is 2.48. The number of amides is 3. The van der Waals surface area contributed by atoms with Crippen LogP contribution in [0.2, 0.25) is 0 Å². The van der Waals surface area contributed by atoms with E-state index in [1.807, 2.05) is 6.92 Å². The van der Waals surface area contributed by atoms with Gasteiger partial charge in [0, 0.05) is 19.6 Å². The number of primary amides is 1. The Labute approximate surface area is 189 Å². The van der Waals surface area contributed by atoms with Crippen LogP contribution < -0.4 is 10.6 Å². The molecule has 3 amide bonds. The molecule has 2 rings (SSSR count). The molecule has 1 aromatic rings. The van der Waals surface area contributed by atoms with Crippen molar-refractivity contribution in [2.24, 2.45) is 5.73 Å². The molecule has 32 heavy (non-hydrogen) atoms. The van der Waals surface area contributed by atoms with E-state index in [1.54, 1.807) is 46.4 Å². The fraction of sp³-hybridized carbons (Fsp3) is 0.636. The first-order valence-electron chi connectivity index (χ1n) is 10.4. The van der Waals surface area contributed by atoms with Crippen molar-refractivity contribution in [3.05, 3.63) is 11.3 Å². The number of carbonyl (C=O) groups excluding carboxylic acids is 3. The van der Waals surface area contributed by atoms with Crippen LogP contribution in [-0.2, 0) is 9.47 Å². The standard InChI is InChI=1S/C22H33N5O5/c1-10-15-16(17(23)28)18(25(9)19(29)31-21(3,4)5)27(24-15)14-11-13(2)26(12-14)20(30)32-22(6,7)8/h1,13-14H,11-12H2,2-9H3,(H2,23,28)/t13-,14?/m0/s1. The van der Waals surface area contributed by atoms with Gasteiger partial charge in [-0.25, -0.2) is 14.3 Å². The smallest absolute Gasteiger partial charge is 0.415 e. The third-order valence-corrected chi connectivity index (χ3v) is 4.78. The quantitative estimate of drug-likeness (QED) is 0.712. The molecule has 1 fully saturated rings. The number of likely N-dealkylation sites (tertiary alicyclic amines) is 1. The first kappa shape index (κ1) is 25.0. The third-order valence-electron chi connectivity index (χ3n) is 4.78. The lowest BCUT2D eigenvalue weighted by Gasteiger charge is -2.27. The summed E-state index contributed by atoms with van der Waals surface area (Å²) in [7, 11) is 1.46. The van der Waals surface area contributed by atoms with E-state index in [1.165, 1.54) is 16.6 Å². The van der Waals surface area contributed by atoms with Crippen LogP contribution in [0.5, 0.6) is 0 Å². The van der Waals surface area contributed by atoms with Crippen molar-refractivity contribution in [1.82, 2.24) is 14.7 Å². The highest BCUT2D eigenvalue weighted by Gasteiger charge is 2.40. The number of aromatic nitrogens is 2. The van der Waals surface area contributed by atoms with E-state index in [4.69, 9.17) is 21.6 Å². The molecule has 2 N–H and O–H groups in total. The maximum Gasteiger partial charge on any atom is 0.415 e. The average Bonchev–Trinajstić information content (AvgIpc) is 3.18. The lowest BCUT2D eigenvalue weighted by molar-refractivity contribution is 0.0233. The Morgan fingerprint density at radius 3 is 2.19 bits per heavy atom. The van der Waals surface area contributed by atoms with Crippen molar-refractivity contribution in [3.63, 3.8) is 0 Å². The number of nitrogens with zero attached hydrogens (tertiary/aromatic N) is 4. The molecule has 2 atom stereocenters. The molecule has 0 aliphatic carbocycles. The molecule has 176 valence electrons. The number of hydrogen-bond acceptors (Lipinski definition) is 6. The first-order chi connectivity index (χ1) is 14.6. The van der Waals surface area contributed by atoms with E-state index in [-0.39, 0.29) is 35.7 Å². The number of hydrogen-bond donors (Lipinski definition) is 1. The highest BCUT2D eigenvalue weighted by Crippen LogP contribution is 2.34. The van der Waals surface area contributed by atoms with Gasteiger partial charge in [0.25, 0.3) is 5.91 Å². The van der Waals surface area contributed by atoms with Crippen LogP contribution in [0.1, 0.15) is 77.0 Å². The summed E-state index contributed by atoms with van der Waals surface area (Å²) < 4.78 is 12.4. The lowest BCUT2D eigenvalue weighted by atomic mass is 10.1. The normalized spacial score (nSPS) is 18.8. The molecule has 1 aromatic heterocycles. The molecular weight excluding hydrogens is 414 g/mol. The van der Waals surface area contributed by atoms with Crippen LogP contribution in [0.15, 0.2) is 0 Å². The Morgan fingerprint density at radius 2 is 1.72 bits per heavy atom. The number of nitrogens with two attached hydrogens (primary N) is 1. The van der Waals surface area contributed by atoms with Crippen molar-refractivity contribution in [2.45, 2.75) is 78.2 Å². The lowest BCUT2D eigenvalue weighted by Crippen LogP contribution is -2.39. The van der Waals surface area contributed by atoms with Crippen LogP contribution in [0.4, 0.5) is 15.4 Å². The number of anilines is 1. The van der Waals surface area contributed by atoms with Crippen LogP contribution in [0.3, 0.4) is 0 Å². The van der Waals surface area contributed by atoms with E-state index in [2.05, 4.69) is 11.0 Å². The van der Waals surface area contributed by atoms with Crippen LogP contribution in [0.25, 0.3) is 0 Å². The van der Waals surface area contributed by atoms with Gasteiger partial charge in [0.05, 0.1) is 6.04 Å². The monoisotopic (exact) mass is 447 g/mol. The molecule has 1 aliphatic rings. The summed E-state index contributed by atoms with van der Waals surface area (Å²) in [5.74, 6) is 1.68. The second-order valence-corrected chi connectivity index (χ2v) is 9.91. The highest BCUT2D eigenvalue weighted by molar-refractivity contribution is 6.03. The van der Waals surface area contributed by atoms with Crippen molar-refractivity contribution >= 4 is 23.9 Å². The minimum absolute atomic E-state index is 0.0197. The van der Waals surface area contributed by atoms with E-state index < -0.39 is 29.3 Å². The predicted octanol–water partition coefficient (Wildman–Crippen LogP) is 2.91. The van der Waals surface area contributed by atoms with Gasteiger partial charge in [-0.1, -0.05) is 0 Å². The van der Waals surface area contributed by atoms with Gasteiger partial charge >= 0.3 is 12.2 Å². The molecule has 0 bridgehead atoms. The molecule has 0 radical (unpaired) electrons. The second-order valence-electron chi connectivity index (χ2n) is 9.91. The zero-order valence-electron chi connectivity index (χ0n) is 20.1. The zero-order chi connectivity index (χ0) is 24.6. The van der Waals surface area contributed by atoms with Crippen LogP contribution in [0, 0.1) is 12.3 Å². The maximum atomic E-state index is 12.8. The minimum atomic E-state index is -0.815. The highest BCUT2D eigenvalue weighted by atomic mass is 16.6. The third kappa shape index (κ3) is 5.52. The van der Waals surface area contributed by atoms with Crippen molar-refractivity contribution in [2.75, 3.05) is 18.5 Å². The van der Waals surface area contributed by atoms with E-state index in [0.29, 0.717) is 6.42 Å². The van der Waals surface area contributed by atoms with Gasteiger partial charge < -0.3 is 20.1 Å². The van der Waals surface area contributed by atoms with Gasteiger partial charge in [0.15, 0.2) is 5.82 Å². The summed E-state index contributed by atoms with van der Waals surface area (Å²) in [6.45, 7) is 12.7. The van der Waals surface area contributed by atoms with Gasteiger partial charge in [-0.3, -0.25) is 9.69 Å². The number of terminal acetylenes is 1. The fourth-order valence-electron chi connectivity index (χ4n) is 3.50. The Hall–Kier alpha value is -3.22. The zero-order valence-corrected chi connectivity index (χ0v) is 20.1. The molecule has 1 saturated heterocycles. The summed E-state index contributed by atoms with van der Waals surface area (Å²) in [5, 5.41) is 4.39. The molecule has 0 saturated carbocycles. The van der Waals surface area contributed by atoms with E-state index >= 15 is 0 Å². The van der Waals surface area contributed by atoms with Crippen LogP contribution in [-0.4, -0.2) is 63.6 Å². The van der Waals surface area contributed by atoms with Crippen molar-refractivity contribution in [1.29, 1.82) is 0 Å². The van der Waals surface area contributed by atoms with Gasteiger partial charge in [0.1, 0.15) is 22.5 Å². The molecule has 1 unspecified atom stereocenters. The Morgan fingerprint density at radius 1 is 1.16 bits per heavy atom. The maximum absolute atomic E-state index is 12.8. The first-order valence-corrected chi connectivity index (χ1v) is 10.4. The molecule has 0 aromatic carbocycles. The van der Waals surface area contributed by atoms with Crippen molar-refractivity contribution < 1.29 is 23.9 Å². The van der Waals surface area contributed by atoms with E-state index in [9.17, 15) is 14.4 Å². The molecule has 10 heteroatoms. The number of carbonyl (C=O) groups is 3. The minimum Gasteiger partial charge on any atom is -0.444 e. The van der Waals surface area contributed by atoms with E-state index in [0.717, 1.165) is 0 Å². The summed E-state index contributed by atoms with van der Waals surface area (Å²) in [5.41, 5.74) is 4.16. The van der Waals surface area contributed by atoms with Gasteiger partial charge in [-0.15, -0.1) is 6.42 Å². The van der Waals surface area contributed by atoms with Crippen molar-refractivity contribution in [3.8, 4) is 12.3 Å². The average molecular weight is 448 g/mol. The largest absolute Gasteiger partial charge is 0.444 e. The van der Waals surface area contributed by atoms with Gasteiger partial charge in [0.2, 0.25) is 0 Å². The SMILES string of the molecule is C#Cc1nn(C2C[C@H](C)N(C(=O)OC(C)(C)C)C2)c(N(C)C(=O)OC(C)(C)C)c1C(N)=O.